The van der Waals surface area contributed by atoms with Gasteiger partial charge in [0.15, 0.2) is 0 Å². The molecule has 0 aliphatic carbocycles. The Labute approximate surface area is 129 Å². The number of hydrogen-bond donors (Lipinski definition) is 2. The first-order valence-corrected chi connectivity index (χ1v) is 7.17. The van der Waals surface area contributed by atoms with Gasteiger partial charge in [0.1, 0.15) is 18.5 Å². The maximum Gasteiger partial charge on any atom is 0.122 e. The van der Waals surface area contributed by atoms with Crippen LogP contribution in [-0.2, 0) is 17.8 Å². The van der Waals surface area contributed by atoms with Crippen LogP contribution in [0, 0.1) is 0 Å². The summed E-state index contributed by atoms with van der Waals surface area (Å²) in [5.74, 6) is 0.312. The molecule has 2 aromatic rings. The Hall–Kier alpha value is -2.33. The molecule has 1 heterocycles. The number of phenolic OH excluding ortho intramolecular Hbond substituents is 1. The first-order chi connectivity index (χ1) is 10.7. The third kappa shape index (κ3) is 4.60. The Kier molecular flexibility index (Phi) is 5.98. The smallest absolute Gasteiger partial charge is 0.122 e. The molecule has 3 N–H and O–H groups in total. The fraction of sp³-hybridized carbons (Fsp3) is 0.222. The Balaban J connectivity index is 0.000000160. The molecule has 116 valence electrons. The van der Waals surface area contributed by atoms with Gasteiger partial charge in [0.2, 0.25) is 0 Å². The molecular formula is C18H20FNO2. The van der Waals surface area contributed by atoms with Crippen LogP contribution in [0.25, 0.3) is 6.08 Å². The van der Waals surface area contributed by atoms with E-state index in [1.165, 1.54) is 0 Å². The zero-order valence-electron chi connectivity index (χ0n) is 12.3. The third-order valence-electron chi connectivity index (χ3n) is 3.31. The number of nitrogens with two attached hydrogens (primary N) is 1. The first-order valence-electron chi connectivity index (χ1n) is 7.17. The number of ether oxygens (including phenoxy) is 1. The predicted molar refractivity (Wildman–Crippen MR) is 86.0 cm³/mol. The highest BCUT2D eigenvalue weighted by Crippen LogP contribution is 2.25. The van der Waals surface area contributed by atoms with Gasteiger partial charge in [-0.3, -0.25) is 0 Å². The van der Waals surface area contributed by atoms with E-state index in [9.17, 15) is 9.50 Å². The number of aromatic hydroxyl groups is 1. The van der Waals surface area contributed by atoms with Gasteiger partial charge >= 0.3 is 0 Å². The van der Waals surface area contributed by atoms with E-state index in [2.05, 4.69) is 0 Å². The molecule has 2 aromatic carbocycles. The Morgan fingerprint density at radius 2 is 1.91 bits per heavy atom. The molecule has 3 rings (SSSR count). The van der Waals surface area contributed by atoms with Crippen molar-refractivity contribution in [2.45, 2.75) is 19.2 Å². The average molecular weight is 301 g/mol. The van der Waals surface area contributed by atoms with Crippen LogP contribution in [0.4, 0.5) is 4.39 Å². The summed E-state index contributed by atoms with van der Waals surface area (Å²) >= 11 is 0. The first kappa shape index (κ1) is 16.0. The van der Waals surface area contributed by atoms with Crippen molar-refractivity contribution >= 4 is 6.08 Å². The minimum atomic E-state index is -0.905. The topological polar surface area (TPSA) is 55.5 Å². The van der Waals surface area contributed by atoms with E-state index in [4.69, 9.17) is 10.5 Å². The van der Waals surface area contributed by atoms with Gasteiger partial charge in [-0.1, -0.05) is 42.5 Å². The Morgan fingerprint density at radius 1 is 1.14 bits per heavy atom. The number of halogens is 1. The molecule has 0 saturated heterocycles. The highest BCUT2D eigenvalue weighted by atomic mass is 19.1. The maximum absolute atomic E-state index is 12.7. The standard InChI is InChI=1S/C9H12FN.C9H8O2/c10-9(7-11)6-8-4-2-1-3-5-8;10-9-3-1-2-7-4-5-11-6-8(7)9/h1-5,9H,6-7,11H2;1-5,10H,6H2. The van der Waals surface area contributed by atoms with Gasteiger partial charge in [-0.25, -0.2) is 4.39 Å². The molecule has 22 heavy (non-hydrogen) atoms. The van der Waals surface area contributed by atoms with Crippen LogP contribution in [0.3, 0.4) is 0 Å². The van der Waals surface area contributed by atoms with Crippen LogP contribution in [0.15, 0.2) is 54.8 Å². The lowest BCUT2D eigenvalue weighted by Gasteiger charge is -2.11. The van der Waals surface area contributed by atoms with E-state index in [-0.39, 0.29) is 6.54 Å². The number of benzene rings is 2. The van der Waals surface area contributed by atoms with Crippen LogP contribution in [0.1, 0.15) is 16.7 Å². The van der Waals surface area contributed by atoms with Gasteiger partial charge in [-0.2, -0.15) is 0 Å². The normalized spacial score (nSPS) is 13.4. The van der Waals surface area contributed by atoms with Crippen LogP contribution in [0.2, 0.25) is 0 Å². The second kappa shape index (κ2) is 8.20. The van der Waals surface area contributed by atoms with E-state index in [0.29, 0.717) is 18.8 Å². The van der Waals surface area contributed by atoms with Crippen LogP contribution >= 0.6 is 0 Å². The monoisotopic (exact) mass is 301 g/mol. The Bertz CT molecular complexity index is 614. The molecule has 0 spiro atoms. The average Bonchev–Trinajstić information content (AvgIpc) is 2.57. The van der Waals surface area contributed by atoms with Gasteiger partial charge in [-0.05, 0) is 23.3 Å². The van der Waals surface area contributed by atoms with Gasteiger partial charge in [0.05, 0.1) is 6.26 Å². The third-order valence-corrected chi connectivity index (χ3v) is 3.31. The van der Waals surface area contributed by atoms with Crippen molar-refractivity contribution in [2.75, 3.05) is 6.54 Å². The fourth-order valence-electron chi connectivity index (χ4n) is 2.11. The lowest BCUT2D eigenvalue weighted by Crippen LogP contribution is -2.17. The number of phenols is 1. The van der Waals surface area contributed by atoms with Crippen LogP contribution < -0.4 is 5.73 Å². The van der Waals surface area contributed by atoms with Crippen molar-refractivity contribution in [3.63, 3.8) is 0 Å². The van der Waals surface area contributed by atoms with Gasteiger partial charge in [-0.15, -0.1) is 0 Å². The second-order valence-electron chi connectivity index (χ2n) is 4.98. The minimum absolute atomic E-state index is 0.106. The zero-order valence-corrected chi connectivity index (χ0v) is 12.3. The molecule has 4 heteroatoms. The van der Waals surface area contributed by atoms with Crippen molar-refractivity contribution in [2.24, 2.45) is 5.73 Å². The molecule has 1 aliphatic heterocycles. The fourth-order valence-corrected chi connectivity index (χ4v) is 2.11. The quantitative estimate of drug-likeness (QED) is 0.913. The number of hydrogen-bond acceptors (Lipinski definition) is 3. The molecule has 0 bridgehead atoms. The van der Waals surface area contributed by atoms with Crippen molar-refractivity contribution in [3.8, 4) is 5.75 Å². The summed E-state index contributed by atoms with van der Waals surface area (Å²) in [6.45, 7) is 0.577. The van der Waals surface area contributed by atoms with E-state index in [1.54, 1.807) is 12.3 Å². The summed E-state index contributed by atoms with van der Waals surface area (Å²) in [5.41, 5.74) is 8.06. The van der Waals surface area contributed by atoms with E-state index < -0.39 is 6.17 Å². The minimum Gasteiger partial charge on any atom is -0.508 e. The molecule has 3 nitrogen and oxygen atoms in total. The highest BCUT2D eigenvalue weighted by Gasteiger charge is 2.08. The number of rotatable bonds is 3. The molecule has 1 unspecified atom stereocenters. The zero-order chi connectivity index (χ0) is 15.8. The van der Waals surface area contributed by atoms with Crippen LogP contribution in [0.5, 0.6) is 5.75 Å². The second-order valence-corrected chi connectivity index (χ2v) is 4.98. The summed E-state index contributed by atoms with van der Waals surface area (Å²) in [5, 5.41) is 9.34. The van der Waals surface area contributed by atoms with Crippen LogP contribution in [-0.4, -0.2) is 17.8 Å². The SMILES string of the molecule is NCC(F)Cc1ccccc1.Oc1cccc2c1COC=C2. The highest BCUT2D eigenvalue weighted by molar-refractivity contribution is 5.58. The van der Waals surface area contributed by atoms with Crippen molar-refractivity contribution in [1.29, 1.82) is 0 Å². The van der Waals surface area contributed by atoms with Gasteiger partial charge < -0.3 is 15.6 Å². The van der Waals surface area contributed by atoms with Crippen molar-refractivity contribution in [3.05, 3.63) is 71.5 Å². The van der Waals surface area contributed by atoms with E-state index in [1.807, 2.05) is 48.5 Å². The Morgan fingerprint density at radius 3 is 2.59 bits per heavy atom. The molecule has 1 aliphatic rings. The summed E-state index contributed by atoms with van der Waals surface area (Å²) in [4.78, 5) is 0. The summed E-state index contributed by atoms with van der Waals surface area (Å²) in [7, 11) is 0. The summed E-state index contributed by atoms with van der Waals surface area (Å²) in [6, 6.07) is 15.0. The molecule has 0 fully saturated rings. The lowest BCUT2D eigenvalue weighted by molar-refractivity contribution is 0.230. The lowest BCUT2D eigenvalue weighted by atomic mass is 10.1. The largest absolute Gasteiger partial charge is 0.508 e. The van der Waals surface area contributed by atoms with Gasteiger partial charge in [0.25, 0.3) is 0 Å². The predicted octanol–water partition coefficient (Wildman–Crippen LogP) is 3.42. The molecule has 0 amide bonds. The molecule has 0 aromatic heterocycles. The van der Waals surface area contributed by atoms with Crippen molar-refractivity contribution in [1.82, 2.24) is 0 Å². The summed E-state index contributed by atoms with van der Waals surface area (Å²) in [6.07, 6.45) is 3.01. The maximum atomic E-state index is 12.7. The van der Waals surface area contributed by atoms with E-state index in [0.717, 1.165) is 16.7 Å². The van der Waals surface area contributed by atoms with Gasteiger partial charge in [0, 0.05) is 18.5 Å². The molecule has 0 saturated carbocycles. The van der Waals surface area contributed by atoms with E-state index >= 15 is 0 Å². The molecular weight excluding hydrogens is 281 g/mol. The summed E-state index contributed by atoms with van der Waals surface area (Å²) < 4.78 is 17.7. The molecule has 1 atom stereocenters. The molecule has 0 radical (unpaired) electrons. The van der Waals surface area contributed by atoms with Crippen molar-refractivity contribution < 1.29 is 14.2 Å². The number of alkyl halides is 1. The number of fused-ring (bicyclic) bond motifs is 1.